The van der Waals surface area contributed by atoms with E-state index in [1.165, 1.54) is 37.4 Å². The molecule has 0 aromatic heterocycles. The van der Waals surface area contributed by atoms with Crippen LogP contribution in [0.4, 0.5) is 5.69 Å². The number of fused-ring (bicyclic) bond motifs is 1. The highest BCUT2D eigenvalue weighted by molar-refractivity contribution is 14.1. The Kier molecular flexibility index (Phi) is 21.2. The van der Waals surface area contributed by atoms with Gasteiger partial charge in [-0.15, -0.1) is 0 Å². The number of rotatable bonds is 28. The molecular weight excluding hydrogens is 1120 g/mol. The second kappa shape index (κ2) is 25.5. The van der Waals surface area contributed by atoms with Gasteiger partial charge in [0.15, 0.2) is 0 Å². The Balaban J connectivity index is 1.65. The quantitative estimate of drug-likeness (QED) is 0.0178. The zero-order chi connectivity index (χ0) is 52.8. The van der Waals surface area contributed by atoms with Crippen LogP contribution < -0.4 is 10.2 Å². The first-order valence-corrected chi connectivity index (χ1v) is 29.4. The van der Waals surface area contributed by atoms with Crippen molar-refractivity contribution < 1.29 is 71.0 Å². The Bertz CT molecular complexity index is 2940. The number of nitrogens with zero attached hydrogens (tertiary/aromatic N) is 3. The van der Waals surface area contributed by atoms with E-state index in [-0.39, 0.29) is 69.1 Å². The summed E-state index contributed by atoms with van der Waals surface area (Å²) in [6.07, 6.45) is 16.0. The summed E-state index contributed by atoms with van der Waals surface area (Å²) in [6.45, 7) is 4.48. The molecule has 25 heteroatoms. The Morgan fingerprint density at radius 2 is 1.39 bits per heavy atom. The van der Waals surface area contributed by atoms with Gasteiger partial charge < -0.3 is 15.0 Å². The second-order valence-electron chi connectivity index (χ2n) is 17.1. The van der Waals surface area contributed by atoms with Crippen molar-refractivity contribution in [2.75, 3.05) is 56.3 Å². The highest BCUT2D eigenvalue weighted by Crippen LogP contribution is 2.51. The van der Waals surface area contributed by atoms with E-state index in [1.807, 2.05) is 27.5 Å². The molecule has 0 saturated carbocycles. The summed E-state index contributed by atoms with van der Waals surface area (Å²) in [5, 5.41) is 2.69. The zero-order valence-electron chi connectivity index (χ0n) is 39.3. The summed E-state index contributed by atoms with van der Waals surface area (Å²) in [6, 6.07) is 8.17. The van der Waals surface area contributed by atoms with Crippen LogP contribution >= 0.6 is 22.6 Å². The second-order valence-corrected chi connectivity index (χ2v) is 24.3. The summed E-state index contributed by atoms with van der Waals surface area (Å²) >= 11 is 2.00. The van der Waals surface area contributed by atoms with Crippen LogP contribution in [-0.2, 0) is 70.4 Å². The number of aliphatic imine (C=N–C) groups is 1. The molecule has 5 N–H and O–H groups in total. The molecule has 71 heavy (non-hydrogen) atoms. The van der Waals surface area contributed by atoms with Gasteiger partial charge in [0.25, 0.3) is 52.3 Å². The topological polar surface area (TPSA) is 309 Å². The Morgan fingerprint density at radius 3 is 2.03 bits per heavy atom. The number of halogens is 1. The molecule has 2 aromatic carbocycles. The molecule has 2 aliphatic rings. The molecule has 2 unspecified atom stereocenters. The molecule has 0 fully saturated rings. The molecule has 2 atom stereocenters. The van der Waals surface area contributed by atoms with Gasteiger partial charge in [-0.3, -0.25) is 42.5 Å². The fraction of sp³-hybridized carbons (Fsp3) is 0.435. The molecule has 2 aliphatic heterocycles. The number of imide groups is 1. The smallest absolute Gasteiger partial charge is 0.294 e. The van der Waals surface area contributed by atoms with Crippen molar-refractivity contribution >= 4 is 92.2 Å². The third kappa shape index (κ3) is 17.3. The summed E-state index contributed by atoms with van der Waals surface area (Å²) in [7, 11) is -16.5. The van der Waals surface area contributed by atoms with Crippen molar-refractivity contribution in [3.63, 3.8) is 0 Å². The van der Waals surface area contributed by atoms with E-state index in [2.05, 4.69) is 5.32 Å². The van der Waals surface area contributed by atoms with Gasteiger partial charge in [-0.05, 0) is 135 Å². The predicted octanol–water partition coefficient (Wildman–Crippen LogP) is 5.40. The van der Waals surface area contributed by atoms with Gasteiger partial charge in [0.2, 0.25) is 5.91 Å². The van der Waals surface area contributed by atoms with Crippen molar-refractivity contribution in [3.05, 3.63) is 111 Å². The van der Waals surface area contributed by atoms with Crippen LogP contribution in [-0.4, -0.2) is 132 Å². The van der Waals surface area contributed by atoms with E-state index in [9.17, 15) is 66.3 Å². The van der Waals surface area contributed by atoms with Gasteiger partial charge in [-0.1, -0.05) is 36.8 Å². The van der Waals surface area contributed by atoms with Gasteiger partial charge in [-0.2, -0.15) is 33.7 Å². The lowest BCUT2D eigenvalue weighted by molar-refractivity contribution is -0.137. The highest BCUT2D eigenvalue weighted by Gasteiger charge is 2.44. The Hall–Kier alpha value is -4.45. The number of methoxy groups -OCH3 is 1. The van der Waals surface area contributed by atoms with E-state index in [0.717, 1.165) is 17.1 Å². The lowest BCUT2D eigenvalue weighted by Crippen LogP contribution is -2.38. The summed E-state index contributed by atoms with van der Waals surface area (Å²) < 4.78 is 141. The number of hydrogen-bond donors (Lipinski definition) is 5. The van der Waals surface area contributed by atoms with Crippen LogP contribution in [0.25, 0.3) is 0 Å². The van der Waals surface area contributed by atoms with E-state index < -0.39 is 79.5 Å². The molecule has 3 amide bonds. The van der Waals surface area contributed by atoms with Crippen molar-refractivity contribution in [1.82, 2.24) is 10.2 Å². The van der Waals surface area contributed by atoms with E-state index in [0.29, 0.717) is 57.6 Å². The van der Waals surface area contributed by atoms with Gasteiger partial charge in [-0.25, -0.2) is 0 Å². The molecule has 0 saturated heterocycles. The maximum Gasteiger partial charge on any atom is 0.294 e. The molecule has 4 rings (SSSR count). The number of benzene rings is 2. The SMILES string of the molecule is COCCN1/C(=C/C=C/C=C/C=C/C(=N\CCCCCC(=O)NCCN2C(=O)C=CC2=O)C(C)(CCCS(=O)(=O)O)c2cc(S(=O)(=O)O)ccc2I)C(C)(CCCS(=O)(=O)O)c2cc(S(=O)(=O)O)ccc21. The average molecular weight is 1180 g/mol. The molecule has 2 aromatic rings. The average Bonchev–Trinajstić information content (AvgIpc) is 3.70. The van der Waals surface area contributed by atoms with Crippen LogP contribution in [0.5, 0.6) is 0 Å². The third-order valence-electron chi connectivity index (χ3n) is 11.9. The number of carbonyl (C=O) groups is 3. The first-order valence-electron chi connectivity index (χ1n) is 22.2. The third-order valence-corrected chi connectivity index (χ3v) is 16.2. The van der Waals surface area contributed by atoms with Crippen LogP contribution in [0.15, 0.2) is 112 Å². The monoisotopic (exact) mass is 1180 g/mol. The Morgan fingerprint density at radius 1 is 0.789 bits per heavy atom. The lowest BCUT2D eigenvalue weighted by atomic mass is 9.74. The molecular formula is C46H59IN4O16S4. The molecule has 0 bridgehead atoms. The number of hydrogen-bond acceptors (Lipinski definition) is 14. The van der Waals surface area contributed by atoms with Gasteiger partial charge >= 0.3 is 0 Å². The number of unbranched alkanes of at least 4 members (excludes halogenated alkanes) is 2. The molecule has 0 aliphatic carbocycles. The van der Waals surface area contributed by atoms with Crippen molar-refractivity contribution in [2.45, 2.75) is 85.8 Å². The predicted molar refractivity (Wildman–Crippen MR) is 276 cm³/mol. The summed E-state index contributed by atoms with van der Waals surface area (Å²) in [5.74, 6) is -2.31. The summed E-state index contributed by atoms with van der Waals surface area (Å²) in [4.78, 5) is 43.1. The van der Waals surface area contributed by atoms with Crippen molar-refractivity contribution in [2.24, 2.45) is 4.99 Å². The van der Waals surface area contributed by atoms with Gasteiger partial charge in [0, 0.05) is 83.4 Å². The number of allylic oxidation sites excluding steroid dienone is 8. The molecule has 20 nitrogen and oxygen atoms in total. The van der Waals surface area contributed by atoms with Crippen LogP contribution in [0.2, 0.25) is 0 Å². The Labute approximate surface area is 429 Å². The van der Waals surface area contributed by atoms with Gasteiger partial charge in [0.05, 0.1) is 27.9 Å². The number of nitrogens with one attached hydrogen (secondary N) is 1. The number of carbonyl (C=O) groups excluding carboxylic acids is 3. The summed E-state index contributed by atoms with van der Waals surface area (Å²) in [5.41, 5.74) is 0.374. The lowest BCUT2D eigenvalue weighted by Gasteiger charge is -2.32. The van der Waals surface area contributed by atoms with E-state index in [4.69, 9.17) is 9.73 Å². The van der Waals surface area contributed by atoms with Gasteiger partial charge in [0.1, 0.15) is 0 Å². The molecule has 0 spiro atoms. The first-order chi connectivity index (χ1) is 33.1. The van der Waals surface area contributed by atoms with Crippen LogP contribution in [0.3, 0.4) is 0 Å². The number of anilines is 1. The largest absolute Gasteiger partial charge is 0.383 e. The minimum atomic E-state index is -4.67. The standard InChI is InChI=1S/C46H59IN4O16S4/c1-45(23-12-30-68(55,56)57,36-32-34(70(61,62)63)17-19-38(36)47)40(48-25-11-7-10-16-42(52)49-26-27-51-43(53)21-22-44(51)54)14-8-5-4-6-9-15-41-46(2,24-13-31-69(58,59)60)37-33-35(71(64,65)66)18-20-39(37)50(41)28-29-67-3/h4-6,8-9,14-15,17-22,32-33H,7,10-13,16,23-31H2,1-3H3,(H,49,52)(H,55,56,57)(H,58,59,60)(H,61,62,63)(H,64,65,66)/b5-4+,9-6+,14-8+,41-15+,48-40+. The maximum atomic E-state index is 12.5. The first kappa shape index (κ1) is 59.1. The zero-order valence-corrected chi connectivity index (χ0v) is 44.7. The minimum absolute atomic E-state index is 0.0107. The van der Waals surface area contributed by atoms with E-state index >= 15 is 0 Å². The number of amides is 3. The van der Waals surface area contributed by atoms with Crippen molar-refractivity contribution in [3.8, 4) is 0 Å². The molecule has 0 radical (unpaired) electrons. The number of ether oxygens (including phenoxy) is 1. The maximum absolute atomic E-state index is 12.5. The fourth-order valence-corrected chi connectivity index (χ4v) is 11.3. The van der Waals surface area contributed by atoms with Crippen LogP contribution in [0, 0.1) is 3.57 Å². The van der Waals surface area contributed by atoms with E-state index in [1.54, 1.807) is 62.4 Å². The van der Waals surface area contributed by atoms with Crippen molar-refractivity contribution in [1.29, 1.82) is 0 Å². The fourth-order valence-electron chi connectivity index (χ4n) is 8.30. The molecule has 390 valence electrons. The highest BCUT2D eigenvalue weighted by atomic mass is 127. The normalized spacial score (nSPS) is 18.5. The van der Waals surface area contributed by atoms with Crippen LogP contribution in [0.1, 0.15) is 76.3 Å². The minimum Gasteiger partial charge on any atom is -0.383 e. The molecule has 2 heterocycles.